The lowest BCUT2D eigenvalue weighted by atomic mass is 9.77. The van der Waals surface area contributed by atoms with E-state index >= 15 is 0 Å². The summed E-state index contributed by atoms with van der Waals surface area (Å²) >= 11 is 0. The van der Waals surface area contributed by atoms with E-state index in [0.29, 0.717) is 5.56 Å². The first-order valence-corrected chi connectivity index (χ1v) is 6.76. The summed E-state index contributed by atoms with van der Waals surface area (Å²) in [5.41, 5.74) is 0.351. The predicted octanol–water partition coefficient (Wildman–Crippen LogP) is 5.18. The fourth-order valence-electron chi connectivity index (χ4n) is 3.03. The largest absolute Gasteiger partial charge is 0.204 e. The average Bonchev–Trinajstić information content (AvgIpc) is 2.38. The van der Waals surface area contributed by atoms with Crippen molar-refractivity contribution >= 4 is 0 Å². The van der Waals surface area contributed by atoms with Gasteiger partial charge >= 0.3 is 0 Å². The molecule has 1 aliphatic rings. The molecule has 0 spiro atoms. The van der Waals surface area contributed by atoms with Gasteiger partial charge in [-0.15, -0.1) is 0 Å². The summed E-state index contributed by atoms with van der Waals surface area (Å²) < 4.78 is 39.7. The summed E-state index contributed by atoms with van der Waals surface area (Å²) in [5.74, 6) is -2.65. The SMILES string of the molecule is CCCC1CCC(c2ccc(F)c(F)c2F)CC1. The van der Waals surface area contributed by atoms with Crippen LogP contribution in [0.15, 0.2) is 12.1 Å². The third kappa shape index (κ3) is 2.70. The van der Waals surface area contributed by atoms with Crippen molar-refractivity contribution in [1.82, 2.24) is 0 Å². The summed E-state index contributed by atoms with van der Waals surface area (Å²) in [6.45, 7) is 2.17. The molecule has 0 aromatic heterocycles. The lowest BCUT2D eigenvalue weighted by Crippen LogP contribution is -2.15. The maximum absolute atomic E-state index is 13.7. The number of rotatable bonds is 3. The molecule has 100 valence electrons. The fraction of sp³-hybridized carbons (Fsp3) is 0.600. The van der Waals surface area contributed by atoms with E-state index in [-0.39, 0.29) is 5.92 Å². The van der Waals surface area contributed by atoms with Gasteiger partial charge in [0.2, 0.25) is 0 Å². The molecule has 0 heterocycles. The first kappa shape index (κ1) is 13.4. The molecule has 0 bridgehead atoms. The summed E-state index contributed by atoms with van der Waals surface area (Å²) in [6.07, 6.45) is 6.29. The highest BCUT2D eigenvalue weighted by Crippen LogP contribution is 2.38. The molecule has 0 unspecified atom stereocenters. The molecule has 0 aliphatic heterocycles. The Balaban J connectivity index is 2.08. The molecule has 0 amide bonds. The first-order valence-electron chi connectivity index (χ1n) is 6.76. The van der Waals surface area contributed by atoms with Crippen LogP contribution in [0.3, 0.4) is 0 Å². The molecule has 2 rings (SSSR count). The van der Waals surface area contributed by atoms with Crippen LogP contribution < -0.4 is 0 Å². The van der Waals surface area contributed by atoms with E-state index in [1.807, 2.05) is 0 Å². The van der Waals surface area contributed by atoms with E-state index in [0.717, 1.165) is 37.7 Å². The molecule has 1 saturated carbocycles. The van der Waals surface area contributed by atoms with E-state index in [2.05, 4.69) is 6.92 Å². The van der Waals surface area contributed by atoms with Crippen LogP contribution in [-0.4, -0.2) is 0 Å². The molecule has 3 heteroatoms. The van der Waals surface area contributed by atoms with Crippen LogP contribution in [0.5, 0.6) is 0 Å². The minimum atomic E-state index is -1.33. The Morgan fingerprint density at radius 2 is 1.67 bits per heavy atom. The Bertz CT molecular complexity index is 406. The lowest BCUT2D eigenvalue weighted by molar-refractivity contribution is 0.302. The number of hydrogen-bond acceptors (Lipinski definition) is 0. The van der Waals surface area contributed by atoms with Gasteiger partial charge in [-0.25, -0.2) is 13.2 Å². The maximum Gasteiger partial charge on any atom is 0.194 e. The summed E-state index contributed by atoms with van der Waals surface area (Å²) in [5, 5.41) is 0. The molecule has 0 radical (unpaired) electrons. The van der Waals surface area contributed by atoms with Gasteiger partial charge in [-0.2, -0.15) is 0 Å². The highest BCUT2D eigenvalue weighted by Gasteiger charge is 2.25. The zero-order valence-electron chi connectivity index (χ0n) is 10.7. The van der Waals surface area contributed by atoms with Crippen molar-refractivity contribution in [3.8, 4) is 0 Å². The van der Waals surface area contributed by atoms with Crippen molar-refractivity contribution in [3.05, 3.63) is 35.1 Å². The maximum atomic E-state index is 13.7. The third-order valence-electron chi connectivity index (χ3n) is 4.05. The van der Waals surface area contributed by atoms with Crippen molar-refractivity contribution in [2.45, 2.75) is 51.4 Å². The van der Waals surface area contributed by atoms with Gasteiger partial charge < -0.3 is 0 Å². The van der Waals surface area contributed by atoms with Gasteiger partial charge in [0.1, 0.15) is 0 Å². The van der Waals surface area contributed by atoms with E-state index < -0.39 is 17.5 Å². The molecule has 1 fully saturated rings. The second-order valence-electron chi connectivity index (χ2n) is 5.27. The third-order valence-corrected chi connectivity index (χ3v) is 4.05. The molecular weight excluding hydrogens is 237 g/mol. The summed E-state index contributed by atoms with van der Waals surface area (Å²) in [4.78, 5) is 0. The van der Waals surface area contributed by atoms with Crippen LogP contribution >= 0.6 is 0 Å². The van der Waals surface area contributed by atoms with Crippen molar-refractivity contribution in [3.63, 3.8) is 0 Å². The highest BCUT2D eigenvalue weighted by atomic mass is 19.2. The van der Waals surface area contributed by atoms with Crippen LogP contribution in [0.2, 0.25) is 0 Å². The van der Waals surface area contributed by atoms with E-state index in [9.17, 15) is 13.2 Å². The second kappa shape index (κ2) is 5.77. The van der Waals surface area contributed by atoms with E-state index in [4.69, 9.17) is 0 Å². The molecule has 18 heavy (non-hydrogen) atoms. The predicted molar refractivity (Wildman–Crippen MR) is 65.9 cm³/mol. The smallest absolute Gasteiger partial charge is 0.194 e. The monoisotopic (exact) mass is 256 g/mol. The van der Waals surface area contributed by atoms with Crippen molar-refractivity contribution in [2.24, 2.45) is 5.92 Å². The fourth-order valence-corrected chi connectivity index (χ4v) is 3.03. The quantitative estimate of drug-likeness (QED) is 0.654. The van der Waals surface area contributed by atoms with Gasteiger partial charge in [-0.3, -0.25) is 0 Å². The number of benzene rings is 1. The minimum absolute atomic E-state index is 0.0493. The Hall–Kier alpha value is -0.990. The van der Waals surface area contributed by atoms with Crippen molar-refractivity contribution < 1.29 is 13.2 Å². The van der Waals surface area contributed by atoms with Gasteiger partial charge in [-0.1, -0.05) is 25.8 Å². The first-order chi connectivity index (χ1) is 8.63. The zero-order chi connectivity index (χ0) is 13.1. The van der Waals surface area contributed by atoms with Gasteiger partial charge in [0, 0.05) is 0 Å². The van der Waals surface area contributed by atoms with Crippen LogP contribution in [0.4, 0.5) is 13.2 Å². The number of halogens is 3. The summed E-state index contributed by atoms with van der Waals surface area (Å²) in [7, 11) is 0. The lowest BCUT2D eigenvalue weighted by Gasteiger charge is -2.28. The van der Waals surface area contributed by atoms with Gasteiger partial charge in [-0.05, 0) is 49.1 Å². The summed E-state index contributed by atoms with van der Waals surface area (Å²) in [6, 6.07) is 2.43. The normalized spacial score (nSPS) is 24.2. The molecule has 1 aromatic carbocycles. The Labute approximate surface area is 106 Å². The van der Waals surface area contributed by atoms with Crippen LogP contribution in [0, 0.1) is 23.4 Å². The Morgan fingerprint density at radius 3 is 2.28 bits per heavy atom. The van der Waals surface area contributed by atoms with Crippen LogP contribution in [-0.2, 0) is 0 Å². The van der Waals surface area contributed by atoms with E-state index in [1.165, 1.54) is 18.9 Å². The topological polar surface area (TPSA) is 0 Å². The molecule has 1 aliphatic carbocycles. The van der Waals surface area contributed by atoms with Crippen LogP contribution in [0.25, 0.3) is 0 Å². The van der Waals surface area contributed by atoms with E-state index in [1.54, 1.807) is 0 Å². The molecule has 1 aromatic rings. The Kier molecular flexibility index (Phi) is 4.31. The zero-order valence-corrected chi connectivity index (χ0v) is 10.7. The molecule has 0 nitrogen and oxygen atoms in total. The number of hydrogen-bond donors (Lipinski definition) is 0. The Morgan fingerprint density at radius 1 is 1.00 bits per heavy atom. The minimum Gasteiger partial charge on any atom is -0.204 e. The molecule has 0 atom stereocenters. The van der Waals surface area contributed by atoms with Gasteiger partial charge in [0.15, 0.2) is 17.5 Å². The molecule has 0 saturated heterocycles. The second-order valence-corrected chi connectivity index (χ2v) is 5.27. The van der Waals surface area contributed by atoms with Gasteiger partial charge in [0.05, 0.1) is 0 Å². The van der Waals surface area contributed by atoms with Crippen molar-refractivity contribution in [1.29, 1.82) is 0 Å². The van der Waals surface area contributed by atoms with Crippen LogP contribution in [0.1, 0.15) is 56.9 Å². The molecular formula is C15H19F3. The average molecular weight is 256 g/mol. The highest BCUT2D eigenvalue weighted by molar-refractivity contribution is 5.24. The van der Waals surface area contributed by atoms with Gasteiger partial charge in [0.25, 0.3) is 0 Å². The van der Waals surface area contributed by atoms with Crippen molar-refractivity contribution in [2.75, 3.05) is 0 Å². The molecule has 0 N–H and O–H groups in total. The standard InChI is InChI=1S/C15H19F3/c1-2-3-10-4-6-11(7-5-10)12-8-9-13(16)15(18)14(12)17/h8-11H,2-7H2,1H3.